The van der Waals surface area contributed by atoms with Crippen molar-refractivity contribution in [2.45, 2.75) is 25.5 Å². The van der Waals surface area contributed by atoms with Gasteiger partial charge in [0.05, 0.1) is 6.10 Å². The predicted molar refractivity (Wildman–Crippen MR) is 61.8 cm³/mol. The van der Waals surface area contributed by atoms with Gasteiger partial charge in [0, 0.05) is 19.6 Å². The van der Waals surface area contributed by atoms with Crippen LogP contribution < -0.4 is 5.32 Å². The molecule has 1 aromatic carbocycles. The van der Waals surface area contributed by atoms with Gasteiger partial charge in [0.1, 0.15) is 0 Å². The number of nitrogens with one attached hydrogen (secondary N) is 1. The van der Waals surface area contributed by atoms with Gasteiger partial charge in [0.2, 0.25) is 5.91 Å². The van der Waals surface area contributed by atoms with Crippen LogP contribution in [0.3, 0.4) is 0 Å². The Morgan fingerprint density at radius 2 is 2.06 bits per heavy atom. The van der Waals surface area contributed by atoms with Gasteiger partial charge in [-0.3, -0.25) is 4.79 Å². The van der Waals surface area contributed by atoms with Crippen LogP contribution in [-0.2, 0) is 16.1 Å². The highest BCUT2D eigenvalue weighted by atomic mass is 16.5. The SMILES string of the molecule is CO[C@H]1C[C@@H](C(=O)NCc2ccccc2)C1. The molecule has 0 spiro atoms. The second kappa shape index (κ2) is 5.12. The van der Waals surface area contributed by atoms with E-state index < -0.39 is 0 Å². The van der Waals surface area contributed by atoms with Crippen molar-refractivity contribution >= 4 is 5.91 Å². The highest BCUT2D eigenvalue weighted by Crippen LogP contribution is 2.29. The molecule has 0 aromatic heterocycles. The molecular formula is C13H17NO2. The lowest BCUT2D eigenvalue weighted by molar-refractivity contribution is -0.132. The van der Waals surface area contributed by atoms with Crippen LogP contribution in [0.1, 0.15) is 18.4 Å². The molecule has 0 unspecified atom stereocenters. The van der Waals surface area contributed by atoms with Gasteiger partial charge in [-0.15, -0.1) is 0 Å². The lowest BCUT2D eigenvalue weighted by Gasteiger charge is -2.32. The first-order valence-corrected chi connectivity index (χ1v) is 5.64. The van der Waals surface area contributed by atoms with Crippen LogP contribution in [0.15, 0.2) is 30.3 Å². The van der Waals surface area contributed by atoms with Crippen LogP contribution in [-0.4, -0.2) is 19.1 Å². The van der Waals surface area contributed by atoms with Gasteiger partial charge < -0.3 is 10.1 Å². The third-order valence-corrected chi connectivity index (χ3v) is 3.11. The van der Waals surface area contributed by atoms with Crippen molar-refractivity contribution in [3.05, 3.63) is 35.9 Å². The molecule has 3 nitrogen and oxygen atoms in total. The van der Waals surface area contributed by atoms with Crippen LogP contribution >= 0.6 is 0 Å². The molecule has 0 bridgehead atoms. The molecule has 1 fully saturated rings. The predicted octanol–water partition coefficient (Wildman–Crippen LogP) is 1.73. The average molecular weight is 219 g/mol. The van der Waals surface area contributed by atoms with Crippen molar-refractivity contribution in [1.82, 2.24) is 5.32 Å². The van der Waals surface area contributed by atoms with Crippen LogP contribution in [0, 0.1) is 5.92 Å². The molecule has 1 N–H and O–H groups in total. The summed E-state index contributed by atoms with van der Waals surface area (Å²) in [6.45, 7) is 0.619. The van der Waals surface area contributed by atoms with E-state index >= 15 is 0 Å². The summed E-state index contributed by atoms with van der Waals surface area (Å²) in [5.74, 6) is 0.297. The summed E-state index contributed by atoms with van der Waals surface area (Å²) in [6, 6.07) is 9.95. The molecule has 0 heterocycles. The van der Waals surface area contributed by atoms with Crippen LogP contribution in [0.25, 0.3) is 0 Å². The normalized spacial score (nSPS) is 23.6. The summed E-state index contributed by atoms with van der Waals surface area (Å²) in [7, 11) is 1.70. The molecule has 0 aliphatic heterocycles. The van der Waals surface area contributed by atoms with Crippen LogP contribution in [0.5, 0.6) is 0 Å². The van der Waals surface area contributed by atoms with Crippen molar-refractivity contribution in [3.63, 3.8) is 0 Å². The van der Waals surface area contributed by atoms with Gasteiger partial charge >= 0.3 is 0 Å². The fourth-order valence-corrected chi connectivity index (χ4v) is 1.90. The summed E-state index contributed by atoms with van der Waals surface area (Å²) in [6.07, 6.45) is 2.00. The first-order chi connectivity index (χ1) is 7.79. The molecule has 0 atom stereocenters. The lowest BCUT2D eigenvalue weighted by atomic mass is 9.81. The molecule has 1 aliphatic carbocycles. The Hall–Kier alpha value is -1.35. The first-order valence-electron chi connectivity index (χ1n) is 5.64. The number of benzene rings is 1. The van der Waals surface area contributed by atoms with Crippen molar-refractivity contribution in [2.75, 3.05) is 7.11 Å². The Kier molecular flexibility index (Phi) is 3.57. The number of hydrogen-bond donors (Lipinski definition) is 1. The summed E-state index contributed by atoms with van der Waals surface area (Å²) in [4.78, 5) is 11.7. The number of hydrogen-bond acceptors (Lipinski definition) is 2. The van der Waals surface area contributed by atoms with E-state index in [0.717, 1.165) is 18.4 Å². The number of carbonyl (C=O) groups is 1. The summed E-state index contributed by atoms with van der Waals surface area (Å²) in [5, 5.41) is 2.95. The monoisotopic (exact) mass is 219 g/mol. The Bertz CT molecular complexity index is 344. The summed E-state index contributed by atoms with van der Waals surface area (Å²) in [5.41, 5.74) is 1.14. The summed E-state index contributed by atoms with van der Waals surface area (Å²) >= 11 is 0. The third-order valence-electron chi connectivity index (χ3n) is 3.11. The maximum absolute atomic E-state index is 11.7. The minimum Gasteiger partial charge on any atom is -0.381 e. The third kappa shape index (κ3) is 2.61. The standard InChI is InChI=1S/C13H17NO2/c1-16-12-7-11(8-12)13(15)14-9-10-5-3-2-4-6-10/h2-6,11-12H,7-9H2,1H3,(H,14,15)/t11-,12+. The molecule has 0 saturated heterocycles. The number of rotatable bonds is 4. The van der Waals surface area contributed by atoms with E-state index in [0.29, 0.717) is 6.54 Å². The molecule has 2 rings (SSSR count). The topological polar surface area (TPSA) is 38.3 Å². The van der Waals surface area contributed by atoms with Crippen molar-refractivity contribution in [2.24, 2.45) is 5.92 Å². The van der Waals surface area contributed by atoms with E-state index in [-0.39, 0.29) is 17.9 Å². The van der Waals surface area contributed by atoms with E-state index in [2.05, 4.69) is 5.32 Å². The van der Waals surface area contributed by atoms with Gasteiger partial charge in [0.15, 0.2) is 0 Å². The number of ether oxygens (including phenoxy) is 1. The number of methoxy groups -OCH3 is 1. The molecule has 1 aromatic rings. The molecule has 0 radical (unpaired) electrons. The highest BCUT2D eigenvalue weighted by Gasteiger charge is 2.34. The smallest absolute Gasteiger partial charge is 0.223 e. The minimum absolute atomic E-state index is 0.147. The maximum Gasteiger partial charge on any atom is 0.223 e. The highest BCUT2D eigenvalue weighted by molar-refractivity contribution is 5.79. The largest absolute Gasteiger partial charge is 0.381 e. The van der Waals surface area contributed by atoms with E-state index in [1.54, 1.807) is 7.11 Å². The quantitative estimate of drug-likeness (QED) is 0.837. The van der Waals surface area contributed by atoms with E-state index in [9.17, 15) is 4.79 Å². The van der Waals surface area contributed by atoms with E-state index in [4.69, 9.17) is 4.74 Å². The molecule has 1 amide bonds. The Morgan fingerprint density at radius 3 is 2.69 bits per heavy atom. The van der Waals surface area contributed by atoms with Gasteiger partial charge in [-0.05, 0) is 18.4 Å². The van der Waals surface area contributed by atoms with Crippen molar-refractivity contribution in [1.29, 1.82) is 0 Å². The number of amides is 1. The van der Waals surface area contributed by atoms with Crippen molar-refractivity contribution in [3.8, 4) is 0 Å². The molecular weight excluding hydrogens is 202 g/mol. The average Bonchev–Trinajstić information content (AvgIpc) is 2.26. The Balaban J connectivity index is 1.73. The minimum atomic E-state index is 0.147. The van der Waals surface area contributed by atoms with Gasteiger partial charge in [-0.1, -0.05) is 30.3 Å². The summed E-state index contributed by atoms with van der Waals surface area (Å²) < 4.78 is 5.15. The zero-order chi connectivity index (χ0) is 11.4. The van der Waals surface area contributed by atoms with Crippen LogP contribution in [0.4, 0.5) is 0 Å². The van der Waals surface area contributed by atoms with E-state index in [1.165, 1.54) is 0 Å². The Labute approximate surface area is 95.8 Å². The molecule has 3 heteroatoms. The second-order valence-electron chi connectivity index (χ2n) is 4.23. The zero-order valence-electron chi connectivity index (χ0n) is 9.48. The van der Waals surface area contributed by atoms with Gasteiger partial charge in [0.25, 0.3) is 0 Å². The molecule has 1 saturated carbocycles. The molecule has 16 heavy (non-hydrogen) atoms. The molecule has 1 aliphatic rings. The Morgan fingerprint density at radius 1 is 1.38 bits per heavy atom. The fraction of sp³-hybridized carbons (Fsp3) is 0.462. The fourth-order valence-electron chi connectivity index (χ4n) is 1.90. The number of carbonyl (C=O) groups excluding carboxylic acids is 1. The van der Waals surface area contributed by atoms with E-state index in [1.807, 2.05) is 30.3 Å². The zero-order valence-corrected chi connectivity index (χ0v) is 9.48. The molecule has 86 valence electrons. The van der Waals surface area contributed by atoms with Gasteiger partial charge in [-0.2, -0.15) is 0 Å². The lowest BCUT2D eigenvalue weighted by Crippen LogP contribution is -2.41. The maximum atomic E-state index is 11.7. The van der Waals surface area contributed by atoms with Crippen molar-refractivity contribution < 1.29 is 9.53 Å². The first kappa shape index (κ1) is 11.1. The van der Waals surface area contributed by atoms with Crippen LogP contribution in [0.2, 0.25) is 0 Å². The van der Waals surface area contributed by atoms with Gasteiger partial charge in [-0.25, -0.2) is 0 Å². The second-order valence-corrected chi connectivity index (χ2v) is 4.23.